The van der Waals surface area contributed by atoms with E-state index in [9.17, 15) is 14.4 Å². The minimum Gasteiger partial charge on any atom is -0.385 e. The molecular weight excluding hydrogens is 392 g/mol. The SMILES string of the molecule is CC1CCc2c(sc(NC(=O)CON=CC(=O)Nc3ccccc3)c2C(N)=O)C1. The number of carbonyl (C=O) groups excluding carboxylic acids is 3. The quantitative estimate of drug-likeness (QED) is 0.476. The van der Waals surface area contributed by atoms with Crippen molar-refractivity contribution in [3.8, 4) is 0 Å². The van der Waals surface area contributed by atoms with Gasteiger partial charge in [-0.25, -0.2) is 0 Å². The predicted molar refractivity (Wildman–Crippen MR) is 112 cm³/mol. The molecule has 0 aliphatic heterocycles. The zero-order valence-electron chi connectivity index (χ0n) is 15.9. The van der Waals surface area contributed by atoms with Gasteiger partial charge >= 0.3 is 0 Å². The fourth-order valence-electron chi connectivity index (χ4n) is 3.14. The third-order valence-corrected chi connectivity index (χ3v) is 5.66. The van der Waals surface area contributed by atoms with Gasteiger partial charge in [0.1, 0.15) is 11.2 Å². The summed E-state index contributed by atoms with van der Waals surface area (Å²) in [6.07, 6.45) is 3.58. The molecule has 29 heavy (non-hydrogen) atoms. The lowest BCUT2D eigenvalue weighted by atomic mass is 9.88. The van der Waals surface area contributed by atoms with Crippen LogP contribution in [0, 0.1) is 5.92 Å². The van der Waals surface area contributed by atoms with Gasteiger partial charge in [0.2, 0.25) is 0 Å². The Balaban J connectivity index is 1.53. The second-order valence-corrected chi connectivity index (χ2v) is 7.94. The molecule has 3 amide bonds. The molecule has 1 unspecified atom stereocenters. The number of oxime groups is 1. The highest BCUT2D eigenvalue weighted by atomic mass is 32.1. The van der Waals surface area contributed by atoms with E-state index in [4.69, 9.17) is 10.6 Å². The van der Waals surface area contributed by atoms with Gasteiger partial charge in [-0.05, 0) is 42.9 Å². The maximum atomic E-state index is 12.1. The van der Waals surface area contributed by atoms with E-state index in [0.717, 1.165) is 35.9 Å². The first-order chi connectivity index (χ1) is 13.9. The zero-order valence-corrected chi connectivity index (χ0v) is 16.8. The molecule has 0 fully saturated rings. The van der Waals surface area contributed by atoms with Crippen molar-refractivity contribution < 1.29 is 19.2 Å². The van der Waals surface area contributed by atoms with Crippen LogP contribution in [0.5, 0.6) is 0 Å². The molecule has 9 heteroatoms. The summed E-state index contributed by atoms with van der Waals surface area (Å²) in [5.74, 6) is -0.985. The molecule has 0 spiro atoms. The number of rotatable bonds is 7. The van der Waals surface area contributed by atoms with Crippen LogP contribution >= 0.6 is 11.3 Å². The van der Waals surface area contributed by atoms with Gasteiger partial charge in [0.15, 0.2) is 6.61 Å². The molecule has 1 aromatic carbocycles. The molecule has 2 aromatic rings. The number of nitrogens with zero attached hydrogens (tertiary/aromatic N) is 1. The maximum Gasteiger partial charge on any atom is 0.270 e. The highest BCUT2D eigenvalue weighted by Crippen LogP contribution is 2.39. The number of primary amides is 1. The van der Waals surface area contributed by atoms with Gasteiger partial charge in [-0.15, -0.1) is 11.3 Å². The Kier molecular flexibility index (Phi) is 6.61. The van der Waals surface area contributed by atoms with E-state index in [-0.39, 0.29) is 0 Å². The van der Waals surface area contributed by atoms with E-state index < -0.39 is 24.3 Å². The molecule has 4 N–H and O–H groups in total. The largest absolute Gasteiger partial charge is 0.385 e. The number of nitrogens with one attached hydrogen (secondary N) is 2. The van der Waals surface area contributed by atoms with Crippen LogP contribution in [0.15, 0.2) is 35.5 Å². The summed E-state index contributed by atoms with van der Waals surface area (Å²) in [7, 11) is 0. The fourth-order valence-corrected chi connectivity index (χ4v) is 4.57. The van der Waals surface area contributed by atoms with Gasteiger partial charge in [-0.1, -0.05) is 30.3 Å². The van der Waals surface area contributed by atoms with Gasteiger partial charge in [-0.3, -0.25) is 14.4 Å². The number of carbonyl (C=O) groups is 3. The van der Waals surface area contributed by atoms with Crippen LogP contribution in [0.1, 0.15) is 34.1 Å². The van der Waals surface area contributed by atoms with E-state index in [2.05, 4.69) is 22.7 Å². The third kappa shape index (κ3) is 5.41. The molecule has 0 bridgehead atoms. The lowest BCUT2D eigenvalue weighted by molar-refractivity contribution is -0.120. The number of para-hydroxylation sites is 1. The summed E-state index contributed by atoms with van der Waals surface area (Å²) in [4.78, 5) is 41.7. The average Bonchev–Trinajstić information content (AvgIpc) is 3.03. The van der Waals surface area contributed by atoms with Crippen LogP contribution in [0.25, 0.3) is 0 Å². The summed E-state index contributed by atoms with van der Waals surface area (Å²) in [5, 5.41) is 9.21. The van der Waals surface area contributed by atoms with Crippen molar-refractivity contribution >= 4 is 46.0 Å². The van der Waals surface area contributed by atoms with Gasteiger partial charge in [-0.2, -0.15) is 0 Å². The molecule has 0 saturated heterocycles. The smallest absolute Gasteiger partial charge is 0.270 e. The molecule has 0 saturated carbocycles. The maximum absolute atomic E-state index is 12.1. The highest BCUT2D eigenvalue weighted by molar-refractivity contribution is 7.17. The molecule has 1 aliphatic carbocycles. The molecule has 0 radical (unpaired) electrons. The molecule has 8 nitrogen and oxygen atoms in total. The number of hydrogen-bond donors (Lipinski definition) is 3. The van der Waals surface area contributed by atoms with E-state index in [1.54, 1.807) is 24.3 Å². The summed E-state index contributed by atoms with van der Waals surface area (Å²) >= 11 is 1.38. The second kappa shape index (κ2) is 9.33. The summed E-state index contributed by atoms with van der Waals surface area (Å²) < 4.78 is 0. The normalized spacial score (nSPS) is 15.6. The van der Waals surface area contributed by atoms with E-state index in [1.165, 1.54) is 11.3 Å². The summed E-state index contributed by atoms with van der Waals surface area (Å²) in [5.41, 5.74) is 7.47. The number of nitrogens with two attached hydrogens (primary N) is 1. The standard InChI is InChI=1S/C20H22N4O4S/c1-12-7-8-14-15(9-12)29-20(18(14)19(21)27)24-17(26)11-28-22-10-16(25)23-13-5-3-2-4-6-13/h2-6,10,12H,7-9,11H2,1H3,(H2,21,27)(H,23,25)(H,24,26). The number of anilines is 2. The first-order valence-electron chi connectivity index (χ1n) is 9.19. The monoisotopic (exact) mass is 414 g/mol. The number of amides is 3. The lowest BCUT2D eigenvalue weighted by Gasteiger charge is -2.18. The van der Waals surface area contributed by atoms with Gasteiger partial charge in [0.05, 0.1) is 5.56 Å². The minimum absolute atomic E-state index is 0.385. The van der Waals surface area contributed by atoms with Crippen molar-refractivity contribution in [1.29, 1.82) is 0 Å². The summed E-state index contributed by atoms with van der Waals surface area (Å²) in [6, 6.07) is 8.88. The number of hydrogen-bond acceptors (Lipinski definition) is 6. The van der Waals surface area contributed by atoms with Crippen molar-refractivity contribution in [2.75, 3.05) is 17.2 Å². The van der Waals surface area contributed by atoms with E-state index in [1.807, 2.05) is 6.07 Å². The number of fused-ring (bicyclic) bond motifs is 1. The Morgan fingerprint density at radius 2 is 2.03 bits per heavy atom. The average molecular weight is 414 g/mol. The number of benzene rings is 1. The predicted octanol–water partition coefficient (Wildman–Crippen LogP) is 2.55. The van der Waals surface area contributed by atoms with Crippen LogP contribution in [0.3, 0.4) is 0 Å². The van der Waals surface area contributed by atoms with Crippen LogP contribution in [0.2, 0.25) is 0 Å². The highest BCUT2D eigenvalue weighted by Gasteiger charge is 2.27. The van der Waals surface area contributed by atoms with Crippen LogP contribution in [-0.2, 0) is 27.3 Å². The van der Waals surface area contributed by atoms with E-state index in [0.29, 0.717) is 22.2 Å². The molecular formula is C20H22N4O4S. The topological polar surface area (TPSA) is 123 Å². The van der Waals surface area contributed by atoms with Gasteiger partial charge < -0.3 is 21.2 Å². The van der Waals surface area contributed by atoms with Gasteiger partial charge in [0.25, 0.3) is 17.7 Å². The molecule has 152 valence electrons. The van der Waals surface area contributed by atoms with Crippen molar-refractivity contribution in [2.45, 2.75) is 26.2 Å². The lowest BCUT2D eigenvalue weighted by Crippen LogP contribution is -2.21. The third-order valence-electron chi connectivity index (χ3n) is 4.49. The van der Waals surface area contributed by atoms with Crippen LogP contribution in [0.4, 0.5) is 10.7 Å². The molecule has 1 atom stereocenters. The van der Waals surface area contributed by atoms with Crippen molar-refractivity contribution in [2.24, 2.45) is 16.8 Å². The Hall–Kier alpha value is -3.20. The van der Waals surface area contributed by atoms with E-state index >= 15 is 0 Å². The molecule has 1 aliphatic rings. The Labute approximate surface area is 172 Å². The second-order valence-electron chi connectivity index (χ2n) is 6.83. The Morgan fingerprint density at radius 1 is 1.28 bits per heavy atom. The van der Waals surface area contributed by atoms with Gasteiger partial charge in [0, 0.05) is 10.6 Å². The minimum atomic E-state index is -0.552. The molecule has 1 aromatic heterocycles. The van der Waals surface area contributed by atoms with Crippen molar-refractivity contribution in [3.63, 3.8) is 0 Å². The Morgan fingerprint density at radius 3 is 2.76 bits per heavy atom. The van der Waals surface area contributed by atoms with Crippen molar-refractivity contribution in [3.05, 3.63) is 46.3 Å². The van der Waals surface area contributed by atoms with Crippen LogP contribution < -0.4 is 16.4 Å². The first-order valence-corrected chi connectivity index (χ1v) is 10.0. The first kappa shape index (κ1) is 20.5. The summed E-state index contributed by atoms with van der Waals surface area (Å²) in [6.45, 7) is 1.76. The van der Waals surface area contributed by atoms with Crippen LogP contribution in [-0.4, -0.2) is 30.5 Å². The molecule has 1 heterocycles. The fraction of sp³-hybridized carbons (Fsp3) is 0.300. The number of thiophene rings is 1. The van der Waals surface area contributed by atoms with Crippen molar-refractivity contribution in [1.82, 2.24) is 0 Å². The zero-order chi connectivity index (χ0) is 20.8. The Bertz CT molecular complexity index is 939. The molecule has 3 rings (SSSR count).